The van der Waals surface area contributed by atoms with Gasteiger partial charge >= 0.3 is 5.97 Å². The van der Waals surface area contributed by atoms with Crippen molar-refractivity contribution in [2.45, 2.75) is 248 Å². The largest absolute Gasteiger partial charge is 0.457 e. The molecular weight excluding hydrogens is 981 g/mol. The van der Waals surface area contributed by atoms with Crippen LogP contribution in [0.5, 0.6) is 0 Å². The molecule has 0 bridgehead atoms. The number of unbranched alkanes of at least 4 members (excludes halogenated alkanes) is 14. The zero-order valence-electron chi connectivity index (χ0n) is 47.2. The van der Waals surface area contributed by atoms with E-state index < -0.39 is 86.7 Å². The zero-order valence-corrected chi connectivity index (χ0v) is 47.2. The van der Waals surface area contributed by atoms with E-state index in [0.29, 0.717) is 13.0 Å². The van der Waals surface area contributed by atoms with Crippen LogP contribution in [0.25, 0.3) is 0 Å². The summed E-state index contributed by atoms with van der Waals surface area (Å²) in [5, 5.41) is 72.4. The topological polar surface area (TPSA) is 214 Å². The zero-order chi connectivity index (χ0) is 55.8. The Kier molecular flexibility index (Phi) is 44.0. The summed E-state index contributed by atoms with van der Waals surface area (Å²) < 4.78 is 34.4. The first kappa shape index (κ1) is 69.8. The van der Waals surface area contributed by atoms with Gasteiger partial charge in [0.1, 0.15) is 54.9 Å². The maximum atomic E-state index is 13.1. The number of allylic oxidation sites excluding steroid dienone is 18. The summed E-state index contributed by atoms with van der Waals surface area (Å²) in [5.74, 6) is -0.398. The number of rotatable bonds is 46. The van der Waals surface area contributed by atoms with Gasteiger partial charge in [0, 0.05) is 13.0 Å². The maximum Gasteiger partial charge on any atom is 0.306 e. The Balaban J connectivity index is 1.72. The van der Waals surface area contributed by atoms with Gasteiger partial charge in [0.05, 0.1) is 26.4 Å². The van der Waals surface area contributed by atoms with Gasteiger partial charge in [-0.25, -0.2) is 0 Å². The van der Waals surface area contributed by atoms with Crippen molar-refractivity contribution < 1.29 is 69.0 Å². The van der Waals surface area contributed by atoms with Gasteiger partial charge in [-0.3, -0.25) is 4.79 Å². The number of aliphatic hydroxyl groups is 7. The van der Waals surface area contributed by atoms with E-state index in [1.165, 1.54) is 32.1 Å². The molecule has 0 amide bonds. The van der Waals surface area contributed by atoms with Crippen LogP contribution in [0.2, 0.25) is 0 Å². The molecule has 0 spiro atoms. The van der Waals surface area contributed by atoms with Crippen LogP contribution in [0.1, 0.15) is 181 Å². The molecule has 11 unspecified atom stereocenters. The number of aliphatic hydroxyl groups excluding tert-OH is 7. The lowest BCUT2D eigenvalue weighted by Crippen LogP contribution is -2.61. The lowest BCUT2D eigenvalue weighted by Gasteiger charge is -2.42. The van der Waals surface area contributed by atoms with E-state index >= 15 is 0 Å². The van der Waals surface area contributed by atoms with Crippen LogP contribution in [0.4, 0.5) is 0 Å². The highest BCUT2D eigenvalue weighted by Crippen LogP contribution is 2.26. The quantitative estimate of drug-likeness (QED) is 0.0172. The predicted molar refractivity (Wildman–Crippen MR) is 307 cm³/mol. The molecule has 2 saturated heterocycles. The van der Waals surface area contributed by atoms with E-state index in [0.717, 1.165) is 122 Å². The van der Waals surface area contributed by atoms with Crippen molar-refractivity contribution >= 4 is 5.97 Å². The molecular formula is C63H104O14. The second-order valence-corrected chi connectivity index (χ2v) is 20.1. The normalized spacial score (nSPS) is 25.1. The fourth-order valence-electron chi connectivity index (χ4n) is 8.60. The third kappa shape index (κ3) is 35.1. The van der Waals surface area contributed by atoms with E-state index in [9.17, 15) is 40.5 Å². The summed E-state index contributed by atoms with van der Waals surface area (Å²) in [6.45, 7) is 3.41. The second-order valence-electron chi connectivity index (χ2n) is 20.1. The lowest BCUT2D eigenvalue weighted by atomic mass is 9.98. The molecule has 11 atom stereocenters. The molecule has 440 valence electrons. The molecule has 0 aromatic carbocycles. The smallest absolute Gasteiger partial charge is 0.306 e. The maximum absolute atomic E-state index is 13.1. The summed E-state index contributed by atoms with van der Waals surface area (Å²) in [6.07, 6.45) is 50.0. The van der Waals surface area contributed by atoms with Crippen LogP contribution in [-0.2, 0) is 33.2 Å². The summed E-state index contributed by atoms with van der Waals surface area (Å²) in [6, 6.07) is 0. The number of esters is 1. The third-order valence-corrected chi connectivity index (χ3v) is 13.3. The average Bonchev–Trinajstić information content (AvgIpc) is 3.43. The standard InChI is InChI=1S/C63H104O14/c1-3-5-7-9-11-13-15-17-19-21-23-24-25-26-27-28-29-30-32-34-36-38-40-42-44-46-55(65)75-52(49-72-47-45-43-41-39-37-35-33-31-22-20-18-16-14-12-10-8-6-4-2)50-73-62-61(71)59(69)57(67)54(77-62)51-74-63-60(70)58(68)56(66)53(48-64)76-63/h5-8,11-14,17-20,23-24,26-27,29-30,52-54,56-64,66-71H,3-4,9-10,15-16,21-22,25,28,31-51H2,1-2H3/b7-5-,8-6-,13-11-,14-12-,19-17-,20-18-,24-23-,27-26-,30-29-. The number of hydrogen-bond acceptors (Lipinski definition) is 14. The van der Waals surface area contributed by atoms with Crippen LogP contribution in [0, 0.1) is 0 Å². The Morgan fingerprint density at radius 2 is 0.805 bits per heavy atom. The van der Waals surface area contributed by atoms with E-state index in [1.54, 1.807) is 0 Å². The number of ether oxygens (including phenoxy) is 6. The van der Waals surface area contributed by atoms with Gasteiger partial charge < -0.3 is 64.2 Å². The van der Waals surface area contributed by atoms with Crippen molar-refractivity contribution in [1.82, 2.24) is 0 Å². The molecule has 2 aliphatic rings. The average molecular weight is 1090 g/mol. The van der Waals surface area contributed by atoms with Crippen LogP contribution in [-0.4, -0.2) is 142 Å². The van der Waals surface area contributed by atoms with E-state index in [2.05, 4.69) is 123 Å². The summed E-state index contributed by atoms with van der Waals surface area (Å²) in [4.78, 5) is 13.1. The first-order chi connectivity index (χ1) is 37.6. The van der Waals surface area contributed by atoms with E-state index in [1.807, 2.05) is 0 Å². The molecule has 77 heavy (non-hydrogen) atoms. The molecule has 0 radical (unpaired) electrons. The SMILES string of the molecule is CC/C=C\C/C=C\C/C=C\C/C=C\C/C=C\C/C=C\CCCCCCCCC(=O)OC(COCCCCCCCCCC/C=C\C/C=C\C/C=C\CC)COC1OC(COC2OC(CO)C(O)C(O)C2O)C(O)C(O)C1O. The van der Waals surface area contributed by atoms with E-state index in [4.69, 9.17) is 28.4 Å². The molecule has 2 aliphatic heterocycles. The van der Waals surface area contributed by atoms with Crippen molar-refractivity contribution in [3.8, 4) is 0 Å². The fraction of sp³-hybridized carbons (Fsp3) is 0.698. The van der Waals surface area contributed by atoms with Gasteiger partial charge in [-0.2, -0.15) is 0 Å². The minimum absolute atomic E-state index is 0.0428. The number of hydrogen-bond donors (Lipinski definition) is 7. The first-order valence-corrected chi connectivity index (χ1v) is 29.5. The van der Waals surface area contributed by atoms with Crippen LogP contribution >= 0.6 is 0 Å². The summed E-state index contributed by atoms with van der Waals surface area (Å²) in [7, 11) is 0. The van der Waals surface area contributed by atoms with Crippen molar-refractivity contribution in [2.75, 3.05) is 33.0 Å². The van der Waals surface area contributed by atoms with Gasteiger partial charge in [-0.1, -0.05) is 187 Å². The first-order valence-electron chi connectivity index (χ1n) is 29.5. The monoisotopic (exact) mass is 1080 g/mol. The van der Waals surface area contributed by atoms with Gasteiger partial charge in [0.15, 0.2) is 12.6 Å². The van der Waals surface area contributed by atoms with Crippen molar-refractivity contribution in [3.05, 3.63) is 109 Å². The number of carbonyl (C=O) groups is 1. The Labute approximate surface area is 464 Å². The van der Waals surface area contributed by atoms with Crippen molar-refractivity contribution in [3.63, 3.8) is 0 Å². The van der Waals surface area contributed by atoms with Crippen LogP contribution < -0.4 is 0 Å². The lowest BCUT2D eigenvalue weighted by molar-refractivity contribution is -0.332. The van der Waals surface area contributed by atoms with Crippen molar-refractivity contribution in [2.24, 2.45) is 0 Å². The fourth-order valence-corrected chi connectivity index (χ4v) is 8.60. The van der Waals surface area contributed by atoms with Gasteiger partial charge in [-0.05, 0) is 96.3 Å². The van der Waals surface area contributed by atoms with E-state index in [-0.39, 0.29) is 19.6 Å². The van der Waals surface area contributed by atoms with Crippen molar-refractivity contribution in [1.29, 1.82) is 0 Å². The molecule has 0 aromatic rings. The molecule has 14 heteroatoms. The Morgan fingerprint density at radius 3 is 1.26 bits per heavy atom. The Hall–Kier alpha value is -3.35. The Bertz CT molecular complexity index is 1690. The molecule has 2 heterocycles. The highest BCUT2D eigenvalue weighted by molar-refractivity contribution is 5.69. The highest BCUT2D eigenvalue weighted by Gasteiger charge is 2.47. The van der Waals surface area contributed by atoms with Gasteiger partial charge in [0.2, 0.25) is 0 Å². The second kappa shape index (κ2) is 48.5. The van der Waals surface area contributed by atoms with Gasteiger partial charge in [-0.15, -0.1) is 0 Å². The molecule has 14 nitrogen and oxygen atoms in total. The molecule has 0 aromatic heterocycles. The third-order valence-electron chi connectivity index (χ3n) is 13.3. The molecule has 2 rings (SSSR count). The van der Waals surface area contributed by atoms with Gasteiger partial charge in [0.25, 0.3) is 0 Å². The summed E-state index contributed by atoms with van der Waals surface area (Å²) in [5.41, 5.74) is 0. The minimum Gasteiger partial charge on any atom is -0.457 e. The molecule has 2 fully saturated rings. The summed E-state index contributed by atoms with van der Waals surface area (Å²) >= 11 is 0. The van der Waals surface area contributed by atoms with Crippen LogP contribution in [0.15, 0.2) is 109 Å². The predicted octanol–water partition coefficient (Wildman–Crippen LogP) is 10.7. The molecule has 0 aliphatic carbocycles. The number of carbonyl (C=O) groups excluding carboxylic acids is 1. The highest BCUT2D eigenvalue weighted by atomic mass is 16.7. The molecule has 0 saturated carbocycles. The minimum atomic E-state index is -1.72. The van der Waals surface area contributed by atoms with Crippen LogP contribution in [0.3, 0.4) is 0 Å². The Morgan fingerprint density at radius 1 is 0.429 bits per heavy atom. The molecule has 7 N–H and O–H groups in total.